The molecule has 1 atom stereocenters. The first-order chi connectivity index (χ1) is 12.3. The number of nitrogens with zero attached hydrogens (tertiary/aromatic N) is 1. The van der Waals surface area contributed by atoms with Gasteiger partial charge in [0.05, 0.1) is 5.02 Å². The lowest BCUT2D eigenvalue weighted by molar-refractivity contribution is -0.183. The van der Waals surface area contributed by atoms with Crippen LogP contribution in [0, 0.1) is 6.92 Å². The molecule has 2 aromatic rings. The predicted octanol–water partition coefficient (Wildman–Crippen LogP) is 2.96. The van der Waals surface area contributed by atoms with E-state index in [0.29, 0.717) is 34.6 Å². The molecule has 2 N–H and O–H groups in total. The first kappa shape index (κ1) is 19.0. The van der Waals surface area contributed by atoms with Crippen molar-refractivity contribution in [2.24, 2.45) is 0 Å². The molecule has 1 aromatic heterocycles. The third kappa shape index (κ3) is 3.82. The smallest absolute Gasteiger partial charge is 0.405 e. The Morgan fingerprint density at radius 3 is 2.69 bits per heavy atom. The van der Waals surface area contributed by atoms with Crippen molar-refractivity contribution in [2.75, 3.05) is 32.7 Å². The van der Waals surface area contributed by atoms with E-state index in [-0.39, 0.29) is 18.8 Å². The highest BCUT2D eigenvalue weighted by atomic mass is 35.5. The summed E-state index contributed by atoms with van der Waals surface area (Å²) < 4.78 is 45.7. The van der Waals surface area contributed by atoms with E-state index in [1.54, 1.807) is 25.1 Å². The molecule has 2 heterocycles. The Balaban J connectivity index is 1.76. The van der Waals surface area contributed by atoms with E-state index in [4.69, 9.17) is 16.0 Å². The molecule has 0 aliphatic carbocycles. The molecule has 1 saturated heterocycles. The van der Waals surface area contributed by atoms with Gasteiger partial charge < -0.3 is 15.1 Å². The molecule has 1 fully saturated rings. The Labute approximate surface area is 153 Å². The summed E-state index contributed by atoms with van der Waals surface area (Å²) in [7, 11) is 0. The summed E-state index contributed by atoms with van der Waals surface area (Å²) in [6, 6.07) is 3.36. The second-order valence-corrected chi connectivity index (χ2v) is 6.63. The summed E-state index contributed by atoms with van der Waals surface area (Å²) in [5, 5.41) is 6.39. The van der Waals surface area contributed by atoms with E-state index >= 15 is 0 Å². The highest BCUT2D eigenvalue weighted by Gasteiger charge is 2.44. The van der Waals surface area contributed by atoms with Crippen LogP contribution in [-0.2, 0) is 0 Å². The number of halogens is 4. The average Bonchev–Trinajstić information content (AvgIpc) is 2.93. The standard InChI is InChI=1S/C17H19ClF3N3O2/c1-10-11-3-2-4-12(18)15(11)26-14(10)16(25)23-9-13(17(19,20)21)24-7-5-22-6-8-24/h2-4,13,22H,5-9H2,1H3,(H,23,25). The van der Waals surface area contributed by atoms with Crippen molar-refractivity contribution in [1.29, 1.82) is 0 Å². The molecule has 9 heteroatoms. The van der Waals surface area contributed by atoms with Gasteiger partial charge in [0, 0.05) is 43.7 Å². The van der Waals surface area contributed by atoms with Crippen LogP contribution < -0.4 is 10.6 Å². The van der Waals surface area contributed by atoms with Crippen LogP contribution in [0.3, 0.4) is 0 Å². The van der Waals surface area contributed by atoms with Gasteiger partial charge in [-0.15, -0.1) is 0 Å². The van der Waals surface area contributed by atoms with Crippen LogP contribution in [-0.4, -0.2) is 55.7 Å². The lowest BCUT2D eigenvalue weighted by Crippen LogP contribution is -2.57. The number of amides is 1. The number of para-hydroxylation sites is 1. The number of rotatable bonds is 4. The number of carbonyl (C=O) groups is 1. The van der Waals surface area contributed by atoms with Gasteiger partial charge in [0.15, 0.2) is 11.3 Å². The third-order valence-corrected chi connectivity index (χ3v) is 4.85. The monoisotopic (exact) mass is 389 g/mol. The number of furan rings is 1. The van der Waals surface area contributed by atoms with Crippen molar-refractivity contribution >= 4 is 28.5 Å². The van der Waals surface area contributed by atoms with Crippen molar-refractivity contribution in [3.05, 3.63) is 34.5 Å². The Morgan fingerprint density at radius 2 is 2.08 bits per heavy atom. The number of aryl methyl sites for hydroxylation is 1. The molecule has 26 heavy (non-hydrogen) atoms. The van der Waals surface area contributed by atoms with Crippen LogP contribution in [0.5, 0.6) is 0 Å². The zero-order chi connectivity index (χ0) is 18.9. The zero-order valence-corrected chi connectivity index (χ0v) is 14.9. The quantitative estimate of drug-likeness (QED) is 0.844. The Kier molecular flexibility index (Phi) is 5.45. The first-order valence-electron chi connectivity index (χ1n) is 8.26. The fourth-order valence-corrected chi connectivity index (χ4v) is 3.35. The van der Waals surface area contributed by atoms with Crippen molar-refractivity contribution in [2.45, 2.75) is 19.1 Å². The molecule has 1 amide bonds. The normalized spacial score (nSPS) is 17.4. The largest absolute Gasteiger partial charge is 0.449 e. The Bertz CT molecular complexity index is 800. The molecule has 1 aromatic carbocycles. The molecule has 0 spiro atoms. The topological polar surface area (TPSA) is 57.5 Å². The van der Waals surface area contributed by atoms with Gasteiger partial charge in [-0.1, -0.05) is 23.7 Å². The average molecular weight is 390 g/mol. The number of benzene rings is 1. The number of carbonyl (C=O) groups excluding carboxylic acids is 1. The van der Waals surface area contributed by atoms with Gasteiger partial charge in [-0.2, -0.15) is 13.2 Å². The molecular weight excluding hydrogens is 371 g/mol. The third-order valence-electron chi connectivity index (χ3n) is 4.55. The predicted molar refractivity (Wildman–Crippen MR) is 92.6 cm³/mol. The van der Waals surface area contributed by atoms with Crippen molar-refractivity contribution < 1.29 is 22.4 Å². The van der Waals surface area contributed by atoms with E-state index in [2.05, 4.69) is 10.6 Å². The Morgan fingerprint density at radius 1 is 1.38 bits per heavy atom. The van der Waals surface area contributed by atoms with Crippen LogP contribution in [0.25, 0.3) is 11.0 Å². The van der Waals surface area contributed by atoms with E-state index < -0.39 is 24.7 Å². The van der Waals surface area contributed by atoms with Crippen molar-refractivity contribution in [3.63, 3.8) is 0 Å². The summed E-state index contributed by atoms with van der Waals surface area (Å²) >= 11 is 6.05. The van der Waals surface area contributed by atoms with Crippen molar-refractivity contribution in [1.82, 2.24) is 15.5 Å². The van der Waals surface area contributed by atoms with E-state index in [1.165, 1.54) is 4.90 Å². The summed E-state index contributed by atoms with van der Waals surface area (Å²) in [6.07, 6.45) is -4.43. The lowest BCUT2D eigenvalue weighted by atomic mass is 10.1. The van der Waals surface area contributed by atoms with Crippen LogP contribution in [0.15, 0.2) is 22.6 Å². The number of fused-ring (bicyclic) bond motifs is 1. The maximum Gasteiger partial charge on any atom is 0.405 e. The van der Waals surface area contributed by atoms with Crippen LogP contribution >= 0.6 is 11.6 Å². The zero-order valence-electron chi connectivity index (χ0n) is 14.1. The SMILES string of the molecule is Cc1c(C(=O)NCC(N2CCNCC2)C(F)(F)F)oc2c(Cl)cccc12. The molecule has 0 saturated carbocycles. The van der Waals surface area contributed by atoms with Crippen molar-refractivity contribution in [3.8, 4) is 0 Å². The van der Waals surface area contributed by atoms with Crippen LogP contribution in [0.4, 0.5) is 13.2 Å². The minimum atomic E-state index is -4.43. The first-order valence-corrected chi connectivity index (χ1v) is 8.64. The molecule has 1 aliphatic heterocycles. The molecule has 5 nitrogen and oxygen atoms in total. The number of piperazine rings is 1. The minimum absolute atomic E-state index is 0.0191. The highest BCUT2D eigenvalue weighted by Crippen LogP contribution is 2.31. The summed E-state index contributed by atoms with van der Waals surface area (Å²) in [6.45, 7) is 2.67. The lowest BCUT2D eigenvalue weighted by Gasteiger charge is -2.35. The van der Waals surface area contributed by atoms with Crippen LogP contribution in [0.2, 0.25) is 5.02 Å². The van der Waals surface area contributed by atoms with Gasteiger partial charge in [0.25, 0.3) is 5.91 Å². The van der Waals surface area contributed by atoms with Gasteiger partial charge in [-0.05, 0) is 13.0 Å². The molecule has 0 bridgehead atoms. The molecule has 0 radical (unpaired) electrons. The molecule has 1 unspecified atom stereocenters. The van der Waals surface area contributed by atoms with Gasteiger partial charge in [0.2, 0.25) is 0 Å². The van der Waals surface area contributed by atoms with Crippen LogP contribution in [0.1, 0.15) is 16.1 Å². The molecular formula is C17H19ClF3N3O2. The van der Waals surface area contributed by atoms with Gasteiger partial charge in [-0.3, -0.25) is 9.69 Å². The van der Waals surface area contributed by atoms with E-state index in [0.717, 1.165) is 0 Å². The number of hydrogen-bond acceptors (Lipinski definition) is 4. The summed E-state index contributed by atoms with van der Waals surface area (Å²) in [4.78, 5) is 13.7. The summed E-state index contributed by atoms with van der Waals surface area (Å²) in [5.74, 6) is -0.700. The minimum Gasteiger partial charge on any atom is -0.449 e. The summed E-state index contributed by atoms with van der Waals surface area (Å²) in [5.41, 5.74) is 0.900. The maximum absolute atomic E-state index is 13.4. The fourth-order valence-electron chi connectivity index (χ4n) is 3.14. The maximum atomic E-state index is 13.4. The second kappa shape index (κ2) is 7.46. The highest BCUT2D eigenvalue weighted by molar-refractivity contribution is 6.35. The molecule has 3 rings (SSSR count). The number of alkyl halides is 3. The van der Waals surface area contributed by atoms with E-state index in [1.807, 2.05) is 0 Å². The van der Waals surface area contributed by atoms with Gasteiger partial charge in [0.1, 0.15) is 6.04 Å². The van der Waals surface area contributed by atoms with Gasteiger partial charge >= 0.3 is 6.18 Å². The molecule has 142 valence electrons. The van der Waals surface area contributed by atoms with E-state index in [9.17, 15) is 18.0 Å². The number of hydrogen-bond donors (Lipinski definition) is 2. The van der Waals surface area contributed by atoms with Gasteiger partial charge in [-0.25, -0.2) is 0 Å². The number of nitrogens with one attached hydrogen (secondary N) is 2. The second-order valence-electron chi connectivity index (χ2n) is 6.23. The Hall–Kier alpha value is -1.77. The molecule has 1 aliphatic rings. The fraction of sp³-hybridized carbons (Fsp3) is 0.471.